The van der Waals surface area contributed by atoms with Crippen molar-refractivity contribution in [1.82, 2.24) is 5.32 Å². The van der Waals surface area contributed by atoms with E-state index >= 15 is 0 Å². The topological polar surface area (TPSA) is 54.3 Å². The van der Waals surface area contributed by atoms with Crippen LogP contribution in [-0.4, -0.2) is 32.9 Å². The molecule has 6 heteroatoms. The van der Waals surface area contributed by atoms with Gasteiger partial charge in [-0.3, -0.25) is 5.41 Å². The van der Waals surface area contributed by atoms with Gasteiger partial charge in [-0.25, -0.2) is 0 Å². The first kappa shape index (κ1) is 15.4. The molecule has 0 aliphatic heterocycles. The Hall–Kier alpha value is -0.620. The number of methoxy groups -OCH3 is 2. The van der Waals surface area contributed by atoms with Gasteiger partial charge in [0.2, 0.25) is 0 Å². The standard InChI is InChI=1S/C10H16N2O2S.ClH/c1-13-10(14-2)6-12-9(11)5-8-3-4-15-7-8;/h3-4,7,10H,5-6H2,1-2H3,(H2,11,12);1H. The van der Waals surface area contributed by atoms with Crippen LogP contribution >= 0.6 is 23.7 Å². The fourth-order valence-electron chi connectivity index (χ4n) is 1.13. The summed E-state index contributed by atoms with van der Waals surface area (Å²) in [5, 5.41) is 14.7. The Labute approximate surface area is 106 Å². The van der Waals surface area contributed by atoms with Crippen molar-refractivity contribution in [1.29, 1.82) is 5.41 Å². The minimum Gasteiger partial charge on any atom is -0.369 e. The molecule has 0 saturated heterocycles. The molecule has 1 aromatic heterocycles. The van der Waals surface area contributed by atoms with Gasteiger partial charge in [0.1, 0.15) is 0 Å². The largest absolute Gasteiger partial charge is 0.369 e. The van der Waals surface area contributed by atoms with E-state index in [1.165, 1.54) is 0 Å². The number of nitrogens with one attached hydrogen (secondary N) is 2. The molecule has 0 saturated carbocycles. The molecule has 2 N–H and O–H groups in total. The van der Waals surface area contributed by atoms with Crippen LogP contribution < -0.4 is 5.32 Å². The lowest BCUT2D eigenvalue weighted by atomic mass is 10.2. The zero-order chi connectivity index (χ0) is 11.1. The molecule has 0 aliphatic carbocycles. The van der Waals surface area contributed by atoms with E-state index in [0.717, 1.165) is 5.56 Å². The third-order valence-corrected chi connectivity index (χ3v) is 2.70. The van der Waals surface area contributed by atoms with E-state index < -0.39 is 0 Å². The van der Waals surface area contributed by atoms with E-state index in [1.807, 2.05) is 16.8 Å². The van der Waals surface area contributed by atoms with Gasteiger partial charge in [0.05, 0.1) is 12.4 Å². The van der Waals surface area contributed by atoms with E-state index in [0.29, 0.717) is 18.8 Å². The molecule has 1 aromatic rings. The lowest BCUT2D eigenvalue weighted by Gasteiger charge is -2.15. The van der Waals surface area contributed by atoms with Crippen molar-refractivity contribution in [2.75, 3.05) is 20.8 Å². The molecule has 1 heterocycles. The predicted octanol–water partition coefficient (Wildman–Crippen LogP) is 1.90. The van der Waals surface area contributed by atoms with Gasteiger partial charge in [-0.15, -0.1) is 12.4 Å². The van der Waals surface area contributed by atoms with Crippen LogP contribution in [0.3, 0.4) is 0 Å². The Bertz CT molecular complexity index is 289. The Morgan fingerprint density at radius 3 is 2.69 bits per heavy atom. The molecule has 4 nitrogen and oxygen atoms in total. The summed E-state index contributed by atoms with van der Waals surface area (Å²) < 4.78 is 10.0. The van der Waals surface area contributed by atoms with Gasteiger partial charge in [0.15, 0.2) is 6.29 Å². The van der Waals surface area contributed by atoms with Gasteiger partial charge in [0, 0.05) is 20.6 Å². The summed E-state index contributed by atoms with van der Waals surface area (Å²) in [6.45, 7) is 0.496. The molecule has 1 rings (SSSR count). The molecule has 16 heavy (non-hydrogen) atoms. The Morgan fingerprint density at radius 2 is 2.19 bits per heavy atom. The van der Waals surface area contributed by atoms with Crippen LogP contribution in [0.15, 0.2) is 16.8 Å². The van der Waals surface area contributed by atoms with E-state index in [2.05, 4.69) is 5.32 Å². The van der Waals surface area contributed by atoms with Gasteiger partial charge in [-0.1, -0.05) is 0 Å². The second-order valence-corrected chi connectivity index (χ2v) is 3.85. The van der Waals surface area contributed by atoms with Gasteiger partial charge < -0.3 is 14.8 Å². The number of ether oxygens (including phenoxy) is 2. The predicted molar refractivity (Wildman–Crippen MR) is 68.8 cm³/mol. The normalized spacial score (nSPS) is 9.94. The van der Waals surface area contributed by atoms with Crippen LogP contribution in [0.1, 0.15) is 5.56 Å². The van der Waals surface area contributed by atoms with E-state index in [4.69, 9.17) is 14.9 Å². The van der Waals surface area contributed by atoms with Crippen molar-refractivity contribution in [2.45, 2.75) is 12.7 Å². The fraction of sp³-hybridized carbons (Fsp3) is 0.500. The van der Waals surface area contributed by atoms with Gasteiger partial charge in [-0.05, 0) is 22.4 Å². The van der Waals surface area contributed by atoms with Gasteiger partial charge >= 0.3 is 0 Å². The first-order chi connectivity index (χ1) is 7.26. The number of amidine groups is 1. The average molecular weight is 265 g/mol. The Morgan fingerprint density at radius 1 is 1.50 bits per heavy atom. The zero-order valence-corrected chi connectivity index (χ0v) is 11.0. The summed E-state index contributed by atoms with van der Waals surface area (Å²) in [4.78, 5) is 0. The fourth-order valence-corrected chi connectivity index (χ4v) is 1.80. The third-order valence-electron chi connectivity index (χ3n) is 1.97. The molecule has 0 aliphatic rings. The quantitative estimate of drug-likeness (QED) is 0.469. The van der Waals surface area contributed by atoms with Crippen molar-refractivity contribution < 1.29 is 9.47 Å². The molecule has 0 bridgehead atoms. The monoisotopic (exact) mass is 264 g/mol. The lowest BCUT2D eigenvalue weighted by Crippen LogP contribution is -2.34. The maximum atomic E-state index is 7.69. The molecule has 0 radical (unpaired) electrons. The maximum Gasteiger partial charge on any atom is 0.173 e. The zero-order valence-electron chi connectivity index (χ0n) is 9.36. The first-order valence-corrected chi connectivity index (χ1v) is 5.58. The van der Waals surface area contributed by atoms with Gasteiger partial charge in [0.25, 0.3) is 0 Å². The van der Waals surface area contributed by atoms with Crippen molar-refractivity contribution in [3.8, 4) is 0 Å². The van der Waals surface area contributed by atoms with Crippen LogP contribution in [0.25, 0.3) is 0 Å². The van der Waals surface area contributed by atoms with Crippen LogP contribution in [0, 0.1) is 5.41 Å². The summed E-state index contributed by atoms with van der Waals surface area (Å²) in [6, 6.07) is 2.02. The second-order valence-electron chi connectivity index (χ2n) is 3.07. The Balaban J connectivity index is 0.00000225. The lowest BCUT2D eigenvalue weighted by molar-refractivity contribution is -0.0966. The summed E-state index contributed by atoms with van der Waals surface area (Å²) in [5.41, 5.74) is 1.16. The van der Waals surface area contributed by atoms with Gasteiger partial charge in [-0.2, -0.15) is 11.3 Å². The molecule has 0 atom stereocenters. The SMILES string of the molecule is COC(CNC(=N)Cc1ccsc1)OC.Cl. The van der Waals surface area contributed by atoms with E-state index in [-0.39, 0.29) is 18.7 Å². The third kappa shape index (κ3) is 5.46. The average Bonchev–Trinajstić information content (AvgIpc) is 2.72. The second kappa shape index (κ2) is 8.52. The van der Waals surface area contributed by atoms with Crippen molar-refractivity contribution in [3.63, 3.8) is 0 Å². The smallest absolute Gasteiger partial charge is 0.173 e. The van der Waals surface area contributed by atoms with Crippen LogP contribution in [0.4, 0.5) is 0 Å². The molecule has 92 valence electrons. The van der Waals surface area contributed by atoms with Crippen molar-refractivity contribution in [2.24, 2.45) is 0 Å². The summed E-state index contributed by atoms with van der Waals surface area (Å²) in [5.74, 6) is 0.479. The number of rotatable bonds is 6. The van der Waals surface area contributed by atoms with Crippen LogP contribution in [0.5, 0.6) is 0 Å². The molecule has 0 unspecified atom stereocenters. The highest BCUT2D eigenvalue weighted by Crippen LogP contribution is 2.06. The minimum absolute atomic E-state index is 0. The van der Waals surface area contributed by atoms with Crippen LogP contribution in [-0.2, 0) is 15.9 Å². The first-order valence-electron chi connectivity index (χ1n) is 4.64. The molecular weight excluding hydrogens is 248 g/mol. The van der Waals surface area contributed by atoms with Crippen molar-refractivity contribution in [3.05, 3.63) is 22.4 Å². The highest BCUT2D eigenvalue weighted by atomic mass is 35.5. The van der Waals surface area contributed by atoms with E-state index in [1.54, 1.807) is 25.6 Å². The highest BCUT2D eigenvalue weighted by Gasteiger charge is 2.06. The number of halogens is 1. The molecule has 0 amide bonds. The van der Waals surface area contributed by atoms with Crippen molar-refractivity contribution >= 4 is 29.6 Å². The number of hydrogen-bond donors (Lipinski definition) is 2. The minimum atomic E-state index is -0.298. The highest BCUT2D eigenvalue weighted by molar-refractivity contribution is 7.07. The number of thiophene rings is 1. The molecular formula is C10H17ClN2O2S. The van der Waals surface area contributed by atoms with E-state index in [9.17, 15) is 0 Å². The van der Waals surface area contributed by atoms with Crippen LogP contribution in [0.2, 0.25) is 0 Å². The molecule has 0 spiro atoms. The molecule has 0 fully saturated rings. The Kier molecular flexibility index (Phi) is 8.19. The summed E-state index contributed by atoms with van der Waals surface area (Å²) >= 11 is 1.64. The maximum absolute atomic E-state index is 7.69. The summed E-state index contributed by atoms with van der Waals surface area (Å²) in [7, 11) is 3.16. The number of hydrogen-bond acceptors (Lipinski definition) is 4. The molecule has 0 aromatic carbocycles. The summed E-state index contributed by atoms with van der Waals surface area (Å²) in [6.07, 6.45) is 0.330.